The maximum Gasteiger partial charge on any atom is 0.0630 e. The first-order valence-corrected chi connectivity index (χ1v) is 7.75. The van der Waals surface area contributed by atoms with E-state index in [1.54, 1.807) is 0 Å². The maximum absolute atomic E-state index is 6.58. The third-order valence-electron chi connectivity index (χ3n) is 5.20. The molecule has 2 rings (SSSR count). The zero-order chi connectivity index (χ0) is 12.4. The normalized spacial score (nSPS) is 48.0. The van der Waals surface area contributed by atoms with E-state index < -0.39 is 0 Å². The molecule has 0 aliphatic heterocycles. The van der Waals surface area contributed by atoms with Crippen LogP contribution in [0.4, 0.5) is 0 Å². The molecule has 4 atom stereocenters. The molecule has 4 unspecified atom stereocenters. The van der Waals surface area contributed by atoms with Crippen LogP contribution in [0.5, 0.6) is 0 Å². The van der Waals surface area contributed by atoms with Gasteiger partial charge in [0.2, 0.25) is 0 Å². The fourth-order valence-corrected chi connectivity index (χ4v) is 4.02. The molecule has 0 aromatic rings. The second-order valence-corrected chi connectivity index (χ2v) is 6.84. The van der Waals surface area contributed by atoms with Crippen molar-refractivity contribution < 1.29 is 4.74 Å². The van der Waals surface area contributed by atoms with Gasteiger partial charge in [0.15, 0.2) is 0 Å². The van der Waals surface area contributed by atoms with Crippen molar-refractivity contribution >= 4 is 0 Å². The summed E-state index contributed by atoms with van der Waals surface area (Å²) in [4.78, 5) is 0. The Morgan fingerprint density at radius 2 is 0.882 bits per heavy atom. The summed E-state index contributed by atoms with van der Waals surface area (Å²) in [6.07, 6.45) is 9.31. The molecule has 0 amide bonds. The van der Waals surface area contributed by atoms with Gasteiger partial charge in [-0.2, -0.15) is 0 Å². The van der Waals surface area contributed by atoms with E-state index in [2.05, 4.69) is 27.7 Å². The van der Waals surface area contributed by atoms with Gasteiger partial charge in [-0.1, -0.05) is 40.5 Å². The number of rotatable bonds is 2. The van der Waals surface area contributed by atoms with E-state index in [1.165, 1.54) is 38.5 Å². The third-order valence-corrected chi connectivity index (χ3v) is 5.20. The van der Waals surface area contributed by atoms with Crippen LogP contribution >= 0.6 is 0 Å². The molecule has 2 saturated carbocycles. The molecule has 2 aliphatic carbocycles. The van der Waals surface area contributed by atoms with Crippen LogP contribution < -0.4 is 0 Å². The van der Waals surface area contributed by atoms with E-state index in [0.29, 0.717) is 12.2 Å². The summed E-state index contributed by atoms with van der Waals surface area (Å²) in [5.74, 6) is 3.06. The molecule has 0 aromatic heterocycles. The lowest BCUT2D eigenvalue weighted by molar-refractivity contribution is -0.128. The minimum Gasteiger partial charge on any atom is -0.374 e. The van der Waals surface area contributed by atoms with Gasteiger partial charge in [-0.15, -0.1) is 0 Å². The Morgan fingerprint density at radius 1 is 0.588 bits per heavy atom. The summed E-state index contributed by atoms with van der Waals surface area (Å²) < 4.78 is 6.58. The second-order valence-electron chi connectivity index (χ2n) is 6.84. The molecule has 0 saturated heterocycles. The first-order chi connectivity index (χ1) is 8.09. The standard InChI is InChI=1S/C16H30O/c1-11-7-5-8-12(2)15(11)17-16-13(3)9-6-10-14(16)4/h11-16H,5-10H2,1-4H3. The fraction of sp³-hybridized carbons (Fsp3) is 1.00. The summed E-state index contributed by atoms with van der Waals surface area (Å²) in [6.45, 7) is 9.55. The Kier molecular flexibility index (Phi) is 4.52. The van der Waals surface area contributed by atoms with E-state index in [4.69, 9.17) is 4.74 Å². The summed E-state index contributed by atoms with van der Waals surface area (Å²) in [7, 11) is 0. The summed E-state index contributed by atoms with van der Waals surface area (Å²) in [6, 6.07) is 0. The topological polar surface area (TPSA) is 9.23 Å². The van der Waals surface area contributed by atoms with Crippen LogP contribution in [0.15, 0.2) is 0 Å². The summed E-state index contributed by atoms with van der Waals surface area (Å²) in [5, 5.41) is 0. The molecular weight excluding hydrogens is 208 g/mol. The summed E-state index contributed by atoms with van der Waals surface area (Å²) in [5.41, 5.74) is 0. The number of hydrogen-bond donors (Lipinski definition) is 0. The predicted octanol–water partition coefficient (Wildman–Crippen LogP) is 4.65. The smallest absolute Gasteiger partial charge is 0.0630 e. The molecule has 2 aliphatic rings. The molecule has 1 nitrogen and oxygen atoms in total. The average Bonchev–Trinajstić information content (AvgIpc) is 2.27. The van der Waals surface area contributed by atoms with Gasteiger partial charge in [0.1, 0.15) is 0 Å². The maximum atomic E-state index is 6.58. The van der Waals surface area contributed by atoms with Crippen LogP contribution in [0.3, 0.4) is 0 Å². The van der Waals surface area contributed by atoms with Gasteiger partial charge in [-0.25, -0.2) is 0 Å². The monoisotopic (exact) mass is 238 g/mol. The van der Waals surface area contributed by atoms with Crippen LogP contribution in [0.2, 0.25) is 0 Å². The molecule has 0 heterocycles. The molecule has 0 bridgehead atoms. The molecule has 100 valence electrons. The molecule has 0 spiro atoms. The molecule has 0 aromatic carbocycles. The van der Waals surface area contributed by atoms with Crippen molar-refractivity contribution in [1.29, 1.82) is 0 Å². The molecule has 1 heteroatoms. The van der Waals surface area contributed by atoms with E-state index >= 15 is 0 Å². The van der Waals surface area contributed by atoms with E-state index in [-0.39, 0.29) is 0 Å². The highest BCUT2D eigenvalue weighted by atomic mass is 16.5. The van der Waals surface area contributed by atoms with Gasteiger partial charge >= 0.3 is 0 Å². The van der Waals surface area contributed by atoms with Crippen LogP contribution in [0, 0.1) is 23.7 Å². The first kappa shape index (κ1) is 13.4. The first-order valence-electron chi connectivity index (χ1n) is 7.75. The molecular formula is C16H30O. The van der Waals surface area contributed by atoms with E-state index in [0.717, 1.165) is 23.7 Å². The van der Waals surface area contributed by atoms with E-state index in [9.17, 15) is 0 Å². The van der Waals surface area contributed by atoms with Crippen molar-refractivity contribution in [3.05, 3.63) is 0 Å². The van der Waals surface area contributed by atoms with Crippen molar-refractivity contribution in [3.8, 4) is 0 Å². The molecule has 0 radical (unpaired) electrons. The Labute approximate surface area is 107 Å². The SMILES string of the molecule is CC1CCCC(C)C1OC1C(C)CCCC1C. The van der Waals surface area contributed by atoms with Crippen LogP contribution in [-0.2, 0) is 4.74 Å². The lowest BCUT2D eigenvalue weighted by Gasteiger charge is -2.42. The van der Waals surface area contributed by atoms with Crippen LogP contribution in [0.25, 0.3) is 0 Å². The zero-order valence-corrected chi connectivity index (χ0v) is 12.1. The zero-order valence-electron chi connectivity index (χ0n) is 12.1. The van der Waals surface area contributed by atoms with Crippen LogP contribution in [0.1, 0.15) is 66.2 Å². The largest absolute Gasteiger partial charge is 0.374 e. The highest BCUT2D eigenvalue weighted by molar-refractivity contribution is 4.84. The van der Waals surface area contributed by atoms with Crippen molar-refractivity contribution in [2.24, 2.45) is 23.7 Å². The minimum atomic E-state index is 0.525. The van der Waals surface area contributed by atoms with Crippen molar-refractivity contribution in [2.75, 3.05) is 0 Å². The average molecular weight is 238 g/mol. The second kappa shape index (κ2) is 5.73. The highest BCUT2D eigenvalue weighted by Gasteiger charge is 2.35. The fourth-order valence-electron chi connectivity index (χ4n) is 4.02. The molecule has 2 fully saturated rings. The van der Waals surface area contributed by atoms with Gasteiger partial charge in [0.25, 0.3) is 0 Å². The minimum absolute atomic E-state index is 0.525. The van der Waals surface area contributed by atoms with Gasteiger partial charge < -0.3 is 4.74 Å². The Hall–Kier alpha value is -0.0400. The van der Waals surface area contributed by atoms with Gasteiger partial charge in [-0.3, -0.25) is 0 Å². The Bertz CT molecular complexity index is 194. The number of hydrogen-bond acceptors (Lipinski definition) is 1. The van der Waals surface area contributed by atoms with Crippen molar-refractivity contribution in [3.63, 3.8) is 0 Å². The van der Waals surface area contributed by atoms with E-state index in [1.807, 2.05) is 0 Å². The Morgan fingerprint density at radius 3 is 1.18 bits per heavy atom. The highest BCUT2D eigenvalue weighted by Crippen LogP contribution is 2.37. The van der Waals surface area contributed by atoms with Crippen LogP contribution in [-0.4, -0.2) is 12.2 Å². The van der Waals surface area contributed by atoms with Crippen molar-refractivity contribution in [2.45, 2.75) is 78.4 Å². The molecule has 17 heavy (non-hydrogen) atoms. The van der Waals surface area contributed by atoms with Gasteiger partial charge in [0, 0.05) is 0 Å². The van der Waals surface area contributed by atoms with Gasteiger partial charge in [-0.05, 0) is 49.4 Å². The number of ether oxygens (including phenoxy) is 1. The lowest BCUT2D eigenvalue weighted by Crippen LogP contribution is -2.42. The molecule has 0 N–H and O–H groups in total. The van der Waals surface area contributed by atoms with Crippen molar-refractivity contribution in [1.82, 2.24) is 0 Å². The Balaban J connectivity index is 1.97. The quantitative estimate of drug-likeness (QED) is 0.680. The van der Waals surface area contributed by atoms with Gasteiger partial charge in [0.05, 0.1) is 12.2 Å². The predicted molar refractivity (Wildman–Crippen MR) is 73.0 cm³/mol. The third kappa shape index (κ3) is 3.05. The lowest BCUT2D eigenvalue weighted by atomic mass is 9.78. The summed E-state index contributed by atoms with van der Waals surface area (Å²) >= 11 is 0.